The second-order valence-electron chi connectivity index (χ2n) is 5.16. The molecule has 0 fully saturated rings. The Hall–Kier alpha value is -1.42. The standard InChI is InChI=1S/C15H23FN2O/c1-11(2)8-9-17-15(19)10-18-12(3)13-6-4-5-7-14(13)16/h4-7,11-12,18H,8-10H2,1-3H3,(H,17,19). The fourth-order valence-electron chi connectivity index (χ4n) is 1.74. The molecule has 0 radical (unpaired) electrons. The van der Waals surface area contributed by atoms with Gasteiger partial charge in [0.1, 0.15) is 5.82 Å². The summed E-state index contributed by atoms with van der Waals surface area (Å²) in [5.41, 5.74) is 0.581. The van der Waals surface area contributed by atoms with Crippen molar-refractivity contribution in [2.45, 2.75) is 33.2 Å². The molecular formula is C15H23FN2O. The summed E-state index contributed by atoms with van der Waals surface area (Å²) in [7, 11) is 0. The maximum absolute atomic E-state index is 13.5. The van der Waals surface area contributed by atoms with Crippen LogP contribution in [0.2, 0.25) is 0 Å². The Morgan fingerprint density at radius 3 is 2.58 bits per heavy atom. The van der Waals surface area contributed by atoms with Gasteiger partial charge in [0.15, 0.2) is 0 Å². The first-order valence-corrected chi connectivity index (χ1v) is 6.75. The van der Waals surface area contributed by atoms with Crippen LogP contribution >= 0.6 is 0 Å². The molecule has 0 heterocycles. The minimum atomic E-state index is -0.247. The molecule has 1 amide bonds. The van der Waals surface area contributed by atoms with E-state index in [-0.39, 0.29) is 24.3 Å². The molecule has 0 saturated carbocycles. The number of rotatable bonds is 7. The number of nitrogens with one attached hydrogen (secondary N) is 2. The van der Waals surface area contributed by atoms with Crippen LogP contribution in [0.25, 0.3) is 0 Å². The molecule has 0 aliphatic heterocycles. The van der Waals surface area contributed by atoms with Crippen LogP contribution in [0.15, 0.2) is 24.3 Å². The van der Waals surface area contributed by atoms with Crippen molar-refractivity contribution in [1.82, 2.24) is 10.6 Å². The molecule has 0 aromatic heterocycles. The molecule has 1 rings (SSSR count). The van der Waals surface area contributed by atoms with Gasteiger partial charge in [-0.05, 0) is 25.3 Å². The van der Waals surface area contributed by atoms with Gasteiger partial charge >= 0.3 is 0 Å². The molecule has 0 bridgehead atoms. The van der Waals surface area contributed by atoms with Gasteiger partial charge in [-0.1, -0.05) is 32.0 Å². The summed E-state index contributed by atoms with van der Waals surface area (Å²) in [5, 5.41) is 5.87. The number of hydrogen-bond donors (Lipinski definition) is 2. The molecule has 0 spiro atoms. The van der Waals surface area contributed by atoms with Gasteiger partial charge < -0.3 is 10.6 Å². The Morgan fingerprint density at radius 1 is 1.26 bits per heavy atom. The van der Waals surface area contributed by atoms with E-state index in [1.54, 1.807) is 18.2 Å². The van der Waals surface area contributed by atoms with Crippen molar-refractivity contribution in [1.29, 1.82) is 0 Å². The van der Waals surface area contributed by atoms with Crippen molar-refractivity contribution in [2.24, 2.45) is 5.92 Å². The van der Waals surface area contributed by atoms with E-state index >= 15 is 0 Å². The molecule has 2 N–H and O–H groups in total. The molecular weight excluding hydrogens is 243 g/mol. The van der Waals surface area contributed by atoms with E-state index < -0.39 is 0 Å². The molecule has 0 saturated heterocycles. The number of carbonyl (C=O) groups is 1. The third kappa shape index (κ3) is 5.83. The zero-order valence-electron chi connectivity index (χ0n) is 11.9. The lowest BCUT2D eigenvalue weighted by Crippen LogP contribution is -2.36. The van der Waals surface area contributed by atoms with Crippen LogP contribution in [0, 0.1) is 11.7 Å². The Bertz CT molecular complexity index is 407. The molecule has 1 unspecified atom stereocenters. The molecule has 3 nitrogen and oxygen atoms in total. The van der Waals surface area contributed by atoms with Crippen LogP contribution in [0.5, 0.6) is 0 Å². The predicted molar refractivity (Wildman–Crippen MR) is 75.3 cm³/mol. The topological polar surface area (TPSA) is 41.1 Å². The van der Waals surface area contributed by atoms with Gasteiger partial charge in [0.2, 0.25) is 5.91 Å². The number of amides is 1. The van der Waals surface area contributed by atoms with Gasteiger partial charge in [0.05, 0.1) is 6.54 Å². The average Bonchev–Trinajstić information content (AvgIpc) is 2.36. The van der Waals surface area contributed by atoms with Crippen molar-refractivity contribution >= 4 is 5.91 Å². The van der Waals surface area contributed by atoms with Gasteiger partial charge in [-0.15, -0.1) is 0 Å². The smallest absolute Gasteiger partial charge is 0.233 e. The summed E-state index contributed by atoms with van der Waals surface area (Å²) < 4.78 is 13.5. The first-order valence-electron chi connectivity index (χ1n) is 6.75. The van der Waals surface area contributed by atoms with Crippen LogP contribution in [-0.4, -0.2) is 19.0 Å². The van der Waals surface area contributed by atoms with E-state index in [2.05, 4.69) is 24.5 Å². The van der Waals surface area contributed by atoms with Gasteiger partial charge in [-0.25, -0.2) is 4.39 Å². The minimum absolute atomic E-state index is 0.0520. The average molecular weight is 266 g/mol. The Labute approximate surface area is 114 Å². The summed E-state index contributed by atoms with van der Waals surface area (Å²) >= 11 is 0. The monoisotopic (exact) mass is 266 g/mol. The maximum atomic E-state index is 13.5. The lowest BCUT2D eigenvalue weighted by atomic mass is 10.1. The first-order chi connectivity index (χ1) is 9.00. The van der Waals surface area contributed by atoms with Crippen molar-refractivity contribution in [2.75, 3.05) is 13.1 Å². The molecule has 19 heavy (non-hydrogen) atoms. The summed E-state index contributed by atoms with van der Waals surface area (Å²) in [6.07, 6.45) is 0.967. The zero-order valence-corrected chi connectivity index (χ0v) is 11.9. The highest BCUT2D eigenvalue weighted by atomic mass is 19.1. The lowest BCUT2D eigenvalue weighted by Gasteiger charge is -2.15. The van der Waals surface area contributed by atoms with Crippen LogP contribution in [0.3, 0.4) is 0 Å². The summed E-state index contributed by atoms with van der Waals surface area (Å²) in [5.74, 6) is 0.275. The molecule has 0 aliphatic rings. The van der Waals surface area contributed by atoms with Crippen molar-refractivity contribution < 1.29 is 9.18 Å². The van der Waals surface area contributed by atoms with E-state index in [0.717, 1.165) is 6.42 Å². The van der Waals surface area contributed by atoms with Crippen molar-refractivity contribution in [3.8, 4) is 0 Å². The number of carbonyl (C=O) groups excluding carboxylic acids is 1. The van der Waals surface area contributed by atoms with Gasteiger partial charge in [0, 0.05) is 18.2 Å². The molecule has 0 aliphatic carbocycles. The van der Waals surface area contributed by atoms with E-state index in [4.69, 9.17) is 0 Å². The summed E-state index contributed by atoms with van der Waals surface area (Å²) in [4.78, 5) is 11.6. The maximum Gasteiger partial charge on any atom is 0.233 e. The highest BCUT2D eigenvalue weighted by molar-refractivity contribution is 5.77. The van der Waals surface area contributed by atoms with Gasteiger partial charge in [-0.3, -0.25) is 4.79 Å². The minimum Gasteiger partial charge on any atom is -0.355 e. The van der Waals surface area contributed by atoms with Crippen LogP contribution in [-0.2, 0) is 4.79 Å². The number of benzene rings is 1. The van der Waals surface area contributed by atoms with Gasteiger partial charge in [-0.2, -0.15) is 0 Å². The SMILES string of the molecule is CC(C)CCNC(=O)CNC(C)c1ccccc1F. The molecule has 1 aromatic rings. The fraction of sp³-hybridized carbons (Fsp3) is 0.533. The second kappa shape index (κ2) is 7.89. The third-order valence-corrected chi connectivity index (χ3v) is 2.98. The Morgan fingerprint density at radius 2 is 1.95 bits per heavy atom. The summed E-state index contributed by atoms with van der Waals surface area (Å²) in [6.45, 7) is 6.97. The van der Waals surface area contributed by atoms with Crippen LogP contribution in [0.4, 0.5) is 4.39 Å². The van der Waals surface area contributed by atoms with E-state index in [1.165, 1.54) is 6.07 Å². The Balaban J connectivity index is 2.32. The van der Waals surface area contributed by atoms with Gasteiger partial charge in [0.25, 0.3) is 0 Å². The van der Waals surface area contributed by atoms with Crippen molar-refractivity contribution in [3.05, 3.63) is 35.6 Å². The quantitative estimate of drug-likeness (QED) is 0.796. The van der Waals surface area contributed by atoms with E-state index in [1.807, 2.05) is 6.92 Å². The molecule has 106 valence electrons. The lowest BCUT2D eigenvalue weighted by molar-refractivity contribution is -0.120. The van der Waals surface area contributed by atoms with E-state index in [9.17, 15) is 9.18 Å². The molecule has 1 aromatic carbocycles. The fourth-order valence-corrected chi connectivity index (χ4v) is 1.74. The van der Waals surface area contributed by atoms with Crippen LogP contribution in [0.1, 0.15) is 38.8 Å². The zero-order chi connectivity index (χ0) is 14.3. The molecule has 4 heteroatoms. The normalized spacial score (nSPS) is 12.5. The van der Waals surface area contributed by atoms with E-state index in [0.29, 0.717) is 18.0 Å². The second-order valence-corrected chi connectivity index (χ2v) is 5.16. The predicted octanol–water partition coefficient (Wildman–Crippen LogP) is 2.64. The number of hydrogen-bond acceptors (Lipinski definition) is 2. The third-order valence-electron chi connectivity index (χ3n) is 2.98. The first kappa shape index (κ1) is 15.6. The Kier molecular flexibility index (Phi) is 6.50. The highest BCUT2D eigenvalue weighted by Gasteiger charge is 2.11. The highest BCUT2D eigenvalue weighted by Crippen LogP contribution is 2.15. The molecule has 1 atom stereocenters. The number of halogens is 1. The van der Waals surface area contributed by atoms with Crippen LogP contribution < -0.4 is 10.6 Å². The summed E-state index contributed by atoms with van der Waals surface area (Å²) in [6, 6.07) is 6.42. The largest absolute Gasteiger partial charge is 0.355 e. The van der Waals surface area contributed by atoms with Crippen molar-refractivity contribution in [3.63, 3.8) is 0 Å².